The van der Waals surface area contributed by atoms with Crippen LogP contribution >= 0.6 is 8.15 Å². The molecule has 0 saturated carbocycles. The van der Waals surface area contributed by atoms with E-state index in [2.05, 4.69) is 19.9 Å². The summed E-state index contributed by atoms with van der Waals surface area (Å²) < 4.78 is 38.7. The van der Waals surface area contributed by atoms with Gasteiger partial charge in [0.1, 0.15) is 5.82 Å². The van der Waals surface area contributed by atoms with Gasteiger partial charge in [-0.25, -0.2) is 13.8 Å². The fraction of sp³-hybridized carbons (Fsp3) is 0.556. The SMILES string of the molecule is Nc1cc(C(F)F)c(-c2nc(N3CCOCC3)nc(N3C4COP(C4)C3CO)n2)cn1. The zero-order chi connectivity index (χ0) is 21.5. The second-order valence-corrected chi connectivity index (χ2v) is 9.53. The molecule has 166 valence electrons. The van der Waals surface area contributed by atoms with Gasteiger partial charge in [0, 0.05) is 36.6 Å². The maximum Gasteiger partial charge on any atom is 0.264 e. The summed E-state index contributed by atoms with van der Waals surface area (Å²) in [5.41, 5.74) is 5.45. The number of rotatable bonds is 5. The number of nitrogen functional groups attached to an aromatic ring is 1. The first-order valence-electron chi connectivity index (χ1n) is 9.96. The monoisotopic (exact) mass is 453 g/mol. The van der Waals surface area contributed by atoms with Crippen LogP contribution in [0.3, 0.4) is 0 Å². The molecule has 2 aromatic heterocycles. The summed E-state index contributed by atoms with van der Waals surface area (Å²) in [5.74, 6) is 0.594. The molecule has 0 amide bonds. The first-order chi connectivity index (χ1) is 15.0. The van der Waals surface area contributed by atoms with Gasteiger partial charge < -0.3 is 29.9 Å². The molecule has 3 N–H and O–H groups in total. The Balaban J connectivity index is 1.63. The molecule has 3 aliphatic heterocycles. The fourth-order valence-electron chi connectivity index (χ4n) is 4.08. The van der Waals surface area contributed by atoms with Crippen LogP contribution in [0.25, 0.3) is 11.4 Å². The van der Waals surface area contributed by atoms with E-state index < -0.39 is 14.6 Å². The van der Waals surface area contributed by atoms with Crippen LogP contribution in [-0.2, 0) is 9.26 Å². The average Bonchev–Trinajstić information content (AvgIpc) is 3.41. The summed E-state index contributed by atoms with van der Waals surface area (Å²) in [6.07, 6.45) is -0.677. The van der Waals surface area contributed by atoms with E-state index in [-0.39, 0.29) is 41.2 Å². The molecule has 10 nitrogen and oxygen atoms in total. The number of halogens is 2. The number of nitrogens with zero attached hydrogens (tertiary/aromatic N) is 6. The second-order valence-electron chi connectivity index (χ2n) is 7.48. The number of fused-ring (bicyclic) bond motifs is 2. The van der Waals surface area contributed by atoms with Crippen molar-refractivity contribution >= 4 is 25.9 Å². The number of anilines is 3. The van der Waals surface area contributed by atoms with Crippen molar-refractivity contribution in [3.05, 3.63) is 17.8 Å². The molecule has 3 fully saturated rings. The van der Waals surface area contributed by atoms with Gasteiger partial charge in [0.15, 0.2) is 5.82 Å². The lowest BCUT2D eigenvalue weighted by Crippen LogP contribution is -2.44. The summed E-state index contributed by atoms with van der Waals surface area (Å²) in [6, 6.07) is 1.18. The molecule has 5 rings (SSSR count). The van der Waals surface area contributed by atoms with Gasteiger partial charge in [-0.2, -0.15) is 15.0 Å². The highest BCUT2D eigenvalue weighted by Gasteiger charge is 2.48. The smallest absolute Gasteiger partial charge is 0.264 e. The van der Waals surface area contributed by atoms with Crippen LogP contribution in [-0.4, -0.2) is 82.5 Å². The van der Waals surface area contributed by atoms with Crippen LogP contribution in [0.2, 0.25) is 0 Å². The fourth-order valence-corrected chi connectivity index (χ4v) is 6.41. The predicted molar refractivity (Wildman–Crippen MR) is 110 cm³/mol. The zero-order valence-electron chi connectivity index (χ0n) is 16.6. The van der Waals surface area contributed by atoms with Crippen molar-refractivity contribution in [1.29, 1.82) is 0 Å². The van der Waals surface area contributed by atoms with Gasteiger partial charge in [-0.1, -0.05) is 0 Å². The van der Waals surface area contributed by atoms with Gasteiger partial charge in [0.2, 0.25) is 11.9 Å². The highest BCUT2D eigenvalue weighted by atomic mass is 31.1. The van der Waals surface area contributed by atoms with Gasteiger partial charge in [-0.15, -0.1) is 0 Å². The number of nitrogens with two attached hydrogens (primary N) is 1. The molecule has 3 unspecified atom stereocenters. The molecular weight excluding hydrogens is 431 g/mol. The number of hydrogen-bond donors (Lipinski definition) is 2. The number of pyridine rings is 1. The minimum absolute atomic E-state index is 0.00104. The minimum Gasteiger partial charge on any atom is -0.394 e. The van der Waals surface area contributed by atoms with Crippen molar-refractivity contribution in [3.63, 3.8) is 0 Å². The van der Waals surface area contributed by atoms with E-state index in [4.69, 9.17) is 15.0 Å². The summed E-state index contributed by atoms with van der Waals surface area (Å²) >= 11 is 0. The van der Waals surface area contributed by atoms with Gasteiger partial charge in [0.05, 0.1) is 46.4 Å². The first kappa shape index (κ1) is 20.6. The van der Waals surface area contributed by atoms with E-state index in [1.807, 2.05) is 9.80 Å². The lowest BCUT2D eigenvalue weighted by atomic mass is 10.1. The van der Waals surface area contributed by atoms with E-state index in [0.717, 1.165) is 12.2 Å². The van der Waals surface area contributed by atoms with Gasteiger partial charge in [-0.3, -0.25) is 0 Å². The number of ether oxygens (including phenoxy) is 1. The molecule has 0 spiro atoms. The molecule has 0 aromatic carbocycles. The molecule has 0 aliphatic carbocycles. The lowest BCUT2D eigenvalue weighted by molar-refractivity contribution is 0.122. The Bertz CT molecular complexity index is 966. The highest BCUT2D eigenvalue weighted by molar-refractivity contribution is 7.54. The Morgan fingerprint density at radius 3 is 2.74 bits per heavy atom. The third kappa shape index (κ3) is 3.78. The normalized spacial score (nSPS) is 25.6. The Morgan fingerprint density at radius 2 is 2.00 bits per heavy atom. The van der Waals surface area contributed by atoms with Crippen molar-refractivity contribution in [2.75, 3.05) is 61.2 Å². The van der Waals surface area contributed by atoms with E-state index in [9.17, 15) is 13.9 Å². The number of aliphatic hydroxyl groups is 1. The average molecular weight is 453 g/mol. The molecule has 0 radical (unpaired) electrons. The zero-order valence-corrected chi connectivity index (χ0v) is 17.5. The third-order valence-electron chi connectivity index (χ3n) is 5.60. The quantitative estimate of drug-likeness (QED) is 0.639. The van der Waals surface area contributed by atoms with Crippen LogP contribution < -0.4 is 15.5 Å². The molecule has 2 bridgehead atoms. The van der Waals surface area contributed by atoms with Crippen LogP contribution in [0.1, 0.15) is 12.0 Å². The molecule has 13 heteroatoms. The molecular formula is C18H22F2N7O3P. The highest BCUT2D eigenvalue weighted by Crippen LogP contribution is 2.57. The van der Waals surface area contributed by atoms with E-state index >= 15 is 0 Å². The molecule has 2 aromatic rings. The van der Waals surface area contributed by atoms with Crippen LogP contribution in [0.5, 0.6) is 0 Å². The molecule has 3 aliphatic rings. The second kappa shape index (κ2) is 8.34. The van der Waals surface area contributed by atoms with E-state index in [1.165, 1.54) is 6.20 Å². The Kier molecular flexibility index (Phi) is 5.55. The van der Waals surface area contributed by atoms with Gasteiger partial charge in [-0.05, 0) is 6.07 Å². The molecule has 31 heavy (non-hydrogen) atoms. The van der Waals surface area contributed by atoms with Crippen molar-refractivity contribution in [1.82, 2.24) is 19.9 Å². The van der Waals surface area contributed by atoms with E-state index in [0.29, 0.717) is 44.8 Å². The van der Waals surface area contributed by atoms with Gasteiger partial charge in [0.25, 0.3) is 6.43 Å². The Labute approximate surface area is 178 Å². The topological polar surface area (TPSA) is 123 Å². The van der Waals surface area contributed by atoms with Crippen LogP contribution in [0.4, 0.5) is 26.5 Å². The number of morpholine rings is 1. The van der Waals surface area contributed by atoms with Crippen molar-refractivity contribution in [2.24, 2.45) is 0 Å². The number of alkyl halides is 2. The first-order valence-corrected chi connectivity index (χ1v) is 11.5. The maximum absolute atomic E-state index is 13.8. The summed E-state index contributed by atoms with van der Waals surface area (Å²) in [5, 5.41) is 9.94. The maximum atomic E-state index is 13.8. The standard InChI is InChI=1S/C18H22F2N7O3P/c19-15(20)11-5-13(21)22-6-12(11)16-23-17(26-1-3-29-4-2-26)25-18(24-16)27-10-8-30-31(9-10)14(27)7-28/h5-6,10,14-15,28H,1-4,7-9H2,(H2,21,22). The number of aliphatic hydroxyl groups excluding tert-OH is 1. The van der Waals surface area contributed by atoms with Crippen molar-refractivity contribution in [3.8, 4) is 11.4 Å². The Hall–Kier alpha value is -2.27. The minimum atomic E-state index is -2.77. The summed E-state index contributed by atoms with van der Waals surface area (Å²) in [4.78, 5) is 21.6. The molecule has 3 atom stereocenters. The largest absolute Gasteiger partial charge is 0.394 e. The Morgan fingerprint density at radius 1 is 1.23 bits per heavy atom. The van der Waals surface area contributed by atoms with E-state index in [1.54, 1.807) is 0 Å². The molecule has 3 saturated heterocycles. The number of aromatic nitrogens is 4. The van der Waals surface area contributed by atoms with Gasteiger partial charge >= 0.3 is 0 Å². The third-order valence-corrected chi connectivity index (χ3v) is 7.94. The molecule has 5 heterocycles. The summed E-state index contributed by atoms with van der Waals surface area (Å²) in [6.45, 7) is 2.63. The van der Waals surface area contributed by atoms with Crippen molar-refractivity contribution in [2.45, 2.75) is 18.3 Å². The lowest BCUT2D eigenvalue weighted by Gasteiger charge is -2.34. The van der Waals surface area contributed by atoms with Crippen molar-refractivity contribution < 1.29 is 23.1 Å². The van der Waals surface area contributed by atoms with Crippen LogP contribution in [0, 0.1) is 0 Å². The summed E-state index contributed by atoms with van der Waals surface area (Å²) in [7, 11) is -0.811. The number of hydrogen-bond acceptors (Lipinski definition) is 10. The van der Waals surface area contributed by atoms with Crippen LogP contribution in [0.15, 0.2) is 12.3 Å². The predicted octanol–water partition coefficient (Wildman–Crippen LogP) is 1.22.